The third-order valence-electron chi connectivity index (χ3n) is 5.03. The van der Waals surface area contributed by atoms with Gasteiger partial charge in [0.05, 0.1) is 18.2 Å². The molecule has 9 heteroatoms. The lowest BCUT2D eigenvalue weighted by Gasteiger charge is -2.35. The summed E-state index contributed by atoms with van der Waals surface area (Å²) in [6, 6.07) is 15.6. The molecule has 2 amide bonds. The van der Waals surface area contributed by atoms with Crippen LogP contribution in [0.15, 0.2) is 65.9 Å². The topological polar surface area (TPSA) is 91.9 Å². The Morgan fingerprint density at radius 2 is 1.66 bits per heavy atom. The molecule has 0 radical (unpaired) electrons. The number of carbonyl (C=O) groups excluding carboxylic acids is 2. The molecule has 8 nitrogen and oxygen atoms in total. The maximum Gasteiger partial charge on any atom is 0.338 e. The third-order valence-corrected chi connectivity index (χ3v) is 5.42. The minimum atomic E-state index is -0.471. The number of nitrogens with zero attached hydrogens (tertiary/aromatic N) is 1. The minimum absolute atomic E-state index is 0.159. The van der Waals surface area contributed by atoms with Gasteiger partial charge in [-0.25, -0.2) is 9.59 Å². The number of methoxy groups -OCH3 is 1. The van der Waals surface area contributed by atoms with Crippen molar-refractivity contribution in [2.75, 3.05) is 38.0 Å². The first-order valence-electron chi connectivity index (χ1n) is 10.0. The summed E-state index contributed by atoms with van der Waals surface area (Å²) in [5.74, 6) is -0.434. The van der Waals surface area contributed by atoms with Crippen LogP contribution in [0.1, 0.15) is 18.5 Å². The lowest BCUT2D eigenvalue weighted by Crippen LogP contribution is -2.46. The SMILES string of the molecule is COCCOC(=O)C1=C(C)N(C)C(=S)N[C@H]1c1ccc(NC(=O)Nc2ccccc2)cc1. The van der Waals surface area contributed by atoms with E-state index in [0.717, 1.165) is 5.56 Å². The van der Waals surface area contributed by atoms with E-state index in [2.05, 4.69) is 16.0 Å². The van der Waals surface area contributed by atoms with Crippen LogP contribution in [0.4, 0.5) is 16.2 Å². The van der Waals surface area contributed by atoms with E-state index in [0.29, 0.717) is 34.4 Å². The average Bonchev–Trinajstić information content (AvgIpc) is 2.78. The maximum atomic E-state index is 12.8. The number of hydrogen-bond acceptors (Lipinski definition) is 5. The Bertz CT molecular complexity index is 1010. The summed E-state index contributed by atoms with van der Waals surface area (Å²) in [4.78, 5) is 26.8. The van der Waals surface area contributed by atoms with Crippen LogP contribution < -0.4 is 16.0 Å². The number of benzene rings is 2. The van der Waals surface area contributed by atoms with Crippen molar-refractivity contribution in [3.63, 3.8) is 0 Å². The third kappa shape index (κ3) is 5.63. The van der Waals surface area contributed by atoms with E-state index >= 15 is 0 Å². The highest BCUT2D eigenvalue weighted by atomic mass is 32.1. The summed E-state index contributed by atoms with van der Waals surface area (Å²) in [6.45, 7) is 2.30. The van der Waals surface area contributed by atoms with Crippen LogP contribution in [0, 0.1) is 0 Å². The van der Waals surface area contributed by atoms with Gasteiger partial charge < -0.3 is 30.3 Å². The van der Waals surface area contributed by atoms with Crippen molar-refractivity contribution in [2.24, 2.45) is 0 Å². The van der Waals surface area contributed by atoms with Crippen LogP contribution in [-0.4, -0.2) is 49.4 Å². The van der Waals surface area contributed by atoms with Gasteiger partial charge in [-0.05, 0) is 49.0 Å². The predicted molar refractivity (Wildman–Crippen MR) is 127 cm³/mol. The second kappa shape index (κ2) is 10.7. The number of rotatable bonds is 7. The molecule has 0 saturated heterocycles. The zero-order valence-corrected chi connectivity index (χ0v) is 19.0. The molecular formula is C23H26N4O4S. The molecule has 0 aromatic heterocycles. The van der Waals surface area contributed by atoms with Crippen LogP contribution in [-0.2, 0) is 14.3 Å². The van der Waals surface area contributed by atoms with Crippen molar-refractivity contribution >= 4 is 40.7 Å². The lowest BCUT2D eigenvalue weighted by molar-refractivity contribution is -0.140. The lowest BCUT2D eigenvalue weighted by atomic mass is 9.95. The number of nitrogens with one attached hydrogen (secondary N) is 3. The first-order valence-corrected chi connectivity index (χ1v) is 10.5. The van der Waals surface area contributed by atoms with E-state index in [4.69, 9.17) is 21.7 Å². The number of para-hydroxylation sites is 1. The average molecular weight is 455 g/mol. The number of ether oxygens (including phenoxy) is 2. The van der Waals surface area contributed by atoms with E-state index in [-0.39, 0.29) is 12.6 Å². The second-order valence-corrected chi connectivity index (χ2v) is 7.52. The minimum Gasteiger partial charge on any atom is -0.460 e. The summed E-state index contributed by atoms with van der Waals surface area (Å²) in [7, 11) is 3.34. The molecule has 32 heavy (non-hydrogen) atoms. The monoisotopic (exact) mass is 454 g/mol. The fourth-order valence-electron chi connectivity index (χ4n) is 3.22. The first kappa shape index (κ1) is 23.2. The van der Waals surface area contributed by atoms with Crippen molar-refractivity contribution in [1.29, 1.82) is 0 Å². The molecule has 1 atom stereocenters. The predicted octanol–water partition coefficient (Wildman–Crippen LogP) is 3.66. The van der Waals surface area contributed by atoms with Crippen molar-refractivity contribution in [2.45, 2.75) is 13.0 Å². The molecule has 0 saturated carbocycles. The highest BCUT2D eigenvalue weighted by Crippen LogP contribution is 2.31. The summed E-state index contributed by atoms with van der Waals surface area (Å²) < 4.78 is 10.3. The standard InChI is InChI=1S/C23H26N4O4S/c1-15-19(21(28)31-14-13-30-3)20(26-23(32)27(15)2)16-9-11-18(12-10-16)25-22(29)24-17-7-5-4-6-8-17/h4-12,20H,13-14H2,1-3H3,(H,26,32)(H2,24,25,29)/t20-/m0/s1. The molecule has 1 aliphatic rings. The van der Waals surface area contributed by atoms with Crippen molar-refractivity contribution in [3.8, 4) is 0 Å². The van der Waals surface area contributed by atoms with E-state index < -0.39 is 12.0 Å². The summed E-state index contributed by atoms with van der Waals surface area (Å²) >= 11 is 5.42. The van der Waals surface area contributed by atoms with Gasteiger partial charge in [0.1, 0.15) is 6.61 Å². The Hall–Kier alpha value is -3.43. The summed E-state index contributed by atoms with van der Waals surface area (Å²) in [5.41, 5.74) is 3.31. The van der Waals surface area contributed by atoms with E-state index in [1.54, 1.807) is 43.3 Å². The number of allylic oxidation sites excluding steroid dienone is 1. The molecule has 1 heterocycles. The number of carbonyl (C=O) groups is 2. The van der Waals surface area contributed by atoms with Gasteiger partial charge in [0, 0.05) is 31.2 Å². The number of esters is 1. The van der Waals surface area contributed by atoms with Gasteiger partial charge in [0.25, 0.3) is 0 Å². The van der Waals surface area contributed by atoms with Crippen LogP contribution >= 0.6 is 12.2 Å². The van der Waals surface area contributed by atoms with Crippen LogP contribution in [0.2, 0.25) is 0 Å². The molecule has 0 fully saturated rings. The van der Waals surface area contributed by atoms with Gasteiger partial charge in [0.2, 0.25) is 0 Å². The normalized spacial score (nSPS) is 15.8. The molecule has 1 aliphatic heterocycles. The molecule has 0 unspecified atom stereocenters. The Labute approximate surface area is 192 Å². The van der Waals surface area contributed by atoms with Crippen LogP contribution in [0.3, 0.4) is 0 Å². The molecule has 0 bridgehead atoms. The van der Waals surface area contributed by atoms with E-state index in [9.17, 15) is 9.59 Å². The van der Waals surface area contributed by atoms with Gasteiger partial charge >= 0.3 is 12.0 Å². The molecule has 168 valence electrons. The van der Waals surface area contributed by atoms with E-state index in [1.165, 1.54) is 0 Å². The molecule has 0 aliphatic carbocycles. The highest BCUT2D eigenvalue weighted by Gasteiger charge is 2.33. The maximum absolute atomic E-state index is 12.8. The van der Waals surface area contributed by atoms with Gasteiger partial charge in [0.15, 0.2) is 5.11 Å². The highest BCUT2D eigenvalue weighted by molar-refractivity contribution is 7.80. The molecule has 3 rings (SSSR count). The quantitative estimate of drug-likeness (QED) is 0.334. The number of thiocarbonyl (C=S) groups is 1. The molecule has 3 N–H and O–H groups in total. The smallest absolute Gasteiger partial charge is 0.338 e. The van der Waals surface area contributed by atoms with Gasteiger partial charge in [-0.15, -0.1) is 0 Å². The van der Waals surface area contributed by atoms with Crippen molar-refractivity contribution in [3.05, 3.63) is 71.4 Å². The Morgan fingerprint density at radius 3 is 2.28 bits per heavy atom. The van der Waals surface area contributed by atoms with Gasteiger partial charge in [-0.2, -0.15) is 0 Å². The van der Waals surface area contributed by atoms with Gasteiger partial charge in [-0.1, -0.05) is 30.3 Å². The Balaban J connectivity index is 1.75. The first-order chi connectivity index (χ1) is 15.4. The fraction of sp³-hybridized carbons (Fsp3) is 0.261. The largest absolute Gasteiger partial charge is 0.460 e. The number of hydrogen-bond donors (Lipinski definition) is 3. The molecular weight excluding hydrogens is 428 g/mol. The van der Waals surface area contributed by atoms with Crippen LogP contribution in [0.5, 0.6) is 0 Å². The summed E-state index contributed by atoms with van der Waals surface area (Å²) in [5, 5.41) is 9.26. The van der Waals surface area contributed by atoms with E-state index in [1.807, 2.05) is 37.3 Å². The fourth-order valence-corrected chi connectivity index (χ4v) is 3.47. The Morgan fingerprint density at radius 1 is 1.03 bits per heavy atom. The number of amides is 2. The molecule has 2 aromatic rings. The Kier molecular flexibility index (Phi) is 7.80. The number of anilines is 2. The van der Waals surface area contributed by atoms with Gasteiger partial charge in [-0.3, -0.25) is 0 Å². The van der Waals surface area contributed by atoms with Crippen LogP contribution in [0.25, 0.3) is 0 Å². The van der Waals surface area contributed by atoms with Crippen molar-refractivity contribution < 1.29 is 19.1 Å². The second-order valence-electron chi connectivity index (χ2n) is 7.14. The number of urea groups is 1. The zero-order valence-electron chi connectivity index (χ0n) is 18.2. The molecule has 0 spiro atoms. The summed E-state index contributed by atoms with van der Waals surface area (Å²) in [6.07, 6.45) is 0. The zero-order chi connectivity index (χ0) is 23.1. The van der Waals surface area contributed by atoms with Crippen molar-refractivity contribution in [1.82, 2.24) is 10.2 Å². The molecule has 2 aromatic carbocycles.